The first-order valence-corrected chi connectivity index (χ1v) is 8.13. The van der Waals surface area contributed by atoms with E-state index < -0.39 is 0 Å². The minimum atomic E-state index is 0.761. The lowest BCUT2D eigenvalue weighted by Gasteiger charge is -2.35. The smallest absolute Gasteiger partial charge is 0.226 e. The SMILES string of the molecule is Cc1cc(N2CCN(c3nc(C)ns3)CC2)nc(N(C)C)n1. The van der Waals surface area contributed by atoms with Crippen molar-refractivity contribution in [2.24, 2.45) is 0 Å². The fourth-order valence-corrected chi connectivity index (χ4v) is 3.17. The predicted molar refractivity (Wildman–Crippen MR) is 90.2 cm³/mol. The molecule has 2 aromatic rings. The first-order chi connectivity index (χ1) is 10.5. The van der Waals surface area contributed by atoms with Gasteiger partial charge in [0.05, 0.1) is 0 Å². The van der Waals surface area contributed by atoms with Gasteiger partial charge in [-0.15, -0.1) is 0 Å². The summed E-state index contributed by atoms with van der Waals surface area (Å²) in [6, 6.07) is 2.05. The molecule has 3 rings (SSSR count). The molecule has 1 saturated heterocycles. The van der Waals surface area contributed by atoms with Gasteiger partial charge < -0.3 is 14.7 Å². The van der Waals surface area contributed by atoms with Gasteiger partial charge in [-0.3, -0.25) is 0 Å². The molecular weight excluding hydrogens is 298 g/mol. The Labute approximate surface area is 134 Å². The van der Waals surface area contributed by atoms with E-state index >= 15 is 0 Å². The number of hydrogen-bond donors (Lipinski definition) is 0. The van der Waals surface area contributed by atoms with Crippen molar-refractivity contribution < 1.29 is 0 Å². The van der Waals surface area contributed by atoms with E-state index in [1.54, 1.807) is 0 Å². The number of rotatable bonds is 3. The van der Waals surface area contributed by atoms with Crippen molar-refractivity contribution in [3.8, 4) is 0 Å². The predicted octanol–water partition coefficient (Wildman–Crippen LogP) is 1.34. The molecule has 7 nitrogen and oxygen atoms in total. The molecular formula is C14H21N7S. The van der Waals surface area contributed by atoms with Crippen LogP contribution in [0.1, 0.15) is 11.5 Å². The summed E-state index contributed by atoms with van der Waals surface area (Å²) < 4.78 is 4.26. The second-order valence-corrected chi connectivity index (χ2v) is 6.39. The van der Waals surface area contributed by atoms with Crippen LogP contribution in [-0.2, 0) is 0 Å². The largest absolute Gasteiger partial charge is 0.353 e. The van der Waals surface area contributed by atoms with E-state index in [-0.39, 0.29) is 0 Å². The van der Waals surface area contributed by atoms with Crippen molar-refractivity contribution in [1.29, 1.82) is 0 Å². The van der Waals surface area contributed by atoms with Crippen LogP contribution in [0.2, 0.25) is 0 Å². The van der Waals surface area contributed by atoms with E-state index in [4.69, 9.17) is 0 Å². The van der Waals surface area contributed by atoms with Crippen molar-refractivity contribution in [3.05, 3.63) is 17.6 Å². The van der Waals surface area contributed by atoms with Crippen molar-refractivity contribution in [2.45, 2.75) is 13.8 Å². The molecule has 1 aliphatic heterocycles. The molecule has 0 saturated carbocycles. The fourth-order valence-electron chi connectivity index (χ4n) is 2.44. The first-order valence-electron chi connectivity index (χ1n) is 7.36. The first kappa shape index (κ1) is 15.0. The van der Waals surface area contributed by atoms with Crippen LogP contribution < -0.4 is 14.7 Å². The number of nitrogens with zero attached hydrogens (tertiary/aromatic N) is 7. The molecule has 8 heteroatoms. The number of aryl methyl sites for hydroxylation is 2. The molecule has 22 heavy (non-hydrogen) atoms. The highest BCUT2D eigenvalue weighted by Gasteiger charge is 2.21. The van der Waals surface area contributed by atoms with Crippen molar-refractivity contribution in [1.82, 2.24) is 19.3 Å². The molecule has 2 aromatic heterocycles. The van der Waals surface area contributed by atoms with Gasteiger partial charge in [0.1, 0.15) is 11.6 Å². The maximum Gasteiger partial charge on any atom is 0.226 e. The van der Waals surface area contributed by atoms with Crippen LogP contribution in [0, 0.1) is 13.8 Å². The van der Waals surface area contributed by atoms with Crippen LogP contribution >= 0.6 is 11.5 Å². The second kappa shape index (κ2) is 6.04. The van der Waals surface area contributed by atoms with E-state index in [0.29, 0.717) is 0 Å². The van der Waals surface area contributed by atoms with E-state index in [9.17, 15) is 0 Å². The molecule has 1 aliphatic rings. The van der Waals surface area contributed by atoms with Crippen LogP contribution in [0.3, 0.4) is 0 Å². The maximum atomic E-state index is 4.66. The van der Waals surface area contributed by atoms with Crippen LogP contribution in [0.25, 0.3) is 0 Å². The minimum Gasteiger partial charge on any atom is -0.353 e. The van der Waals surface area contributed by atoms with Gasteiger partial charge in [0.15, 0.2) is 0 Å². The third kappa shape index (κ3) is 3.11. The average molecular weight is 319 g/mol. The standard InChI is InChI=1S/C14H21N7S/c1-10-9-12(17-13(15-10)19(3)4)20-5-7-21(8-6-20)14-16-11(2)18-22-14/h9H,5-8H2,1-4H3. The summed E-state index contributed by atoms with van der Waals surface area (Å²) in [6.45, 7) is 7.69. The van der Waals surface area contributed by atoms with E-state index in [2.05, 4.69) is 35.2 Å². The Bertz CT molecular complexity index is 646. The minimum absolute atomic E-state index is 0.761. The van der Waals surface area contributed by atoms with E-state index in [1.807, 2.05) is 32.8 Å². The molecule has 0 atom stereocenters. The van der Waals surface area contributed by atoms with E-state index in [1.165, 1.54) is 11.5 Å². The van der Waals surface area contributed by atoms with Gasteiger partial charge >= 0.3 is 0 Å². The summed E-state index contributed by atoms with van der Waals surface area (Å²) >= 11 is 1.48. The highest BCUT2D eigenvalue weighted by molar-refractivity contribution is 7.09. The topological polar surface area (TPSA) is 61.3 Å². The van der Waals surface area contributed by atoms with Gasteiger partial charge in [-0.2, -0.15) is 9.36 Å². The number of piperazine rings is 1. The Morgan fingerprint density at radius 3 is 2.27 bits per heavy atom. The fraction of sp³-hybridized carbons (Fsp3) is 0.571. The molecule has 3 heterocycles. The molecule has 0 radical (unpaired) electrons. The molecule has 0 aliphatic carbocycles. The van der Waals surface area contributed by atoms with Crippen LogP contribution in [-0.4, -0.2) is 59.6 Å². The summed E-state index contributed by atoms with van der Waals surface area (Å²) in [5, 5.41) is 1.02. The van der Waals surface area contributed by atoms with Gasteiger partial charge in [0, 0.05) is 63.6 Å². The third-order valence-corrected chi connectivity index (χ3v) is 4.49. The lowest BCUT2D eigenvalue weighted by molar-refractivity contribution is 0.644. The molecule has 0 unspecified atom stereocenters. The van der Waals surface area contributed by atoms with E-state index in [0.717, 1.165) is 54.6 Å². The number of hydrogen-bond acceptors (Lipinski definition) is 8. The normalized spacial score (nSPS) is 15.3. The quantitative estimate of drug-likeness (QED) is 0.846. The van der Waals surface area contributed by atoms with Gasteiger partial charge in [-0.25, -0.2) is 9.97 Å². The van der Waals surface area contributed by atoms with Crippen molar-refractivity contribution in [3.63, 3.8) is 0 Å². The van der Waals surface area contributed by atoms with Gasteiger partial charge in [-0.1, -0.05) is 0 Å². The molecule has 118 valence electrons. The maximum absolute atomic E-state index is 4.66. The Balaban J connectivity index is 1.71. The van der Waals surface area contributed by atoms with Gasteiger partial charge in [0.2, 0.25) is 11.1 Å². The zero-order valence-corrected chi connectivity index (χ0v) is 14.3. The Kier molecular flexibility index (Phi) is 4.10. The summed E-state index contributed by atoms with van der Waals surface area (Å²) in [5.41, 5.74) is 0.996. The average Bonchev–Trinajstić information content (AvgIpc) is 2.93. The van der Waals surface area contributed by atoms with Crippen LogP contribution in [0.4, 0.5) is 16.9 Å². The summed E-state index contributed by atoms with van der Waals surface area (Å²) in [4.78, 5) is 20.1. The lowest BCUT2D eigenvalue weighted by atomic mass is 10.3. The summed E-state index contributed by atoms with van der Waals surface area (Å²) in [5.74, 6) is 2.62. The van der Waals surface area contributed by atoms with Crippen molar-refractivity contribution in [2.75, 3.05) is 55.0 Å². The molecule has 0 aromatic carbocycles. The number of anilines is 3. The Hall–Kier alpha value is -1.96. The Morgan fingerprint density at radius 2 is 1.68 bits per heavy atom. The zero-order valence-electron chi connectivity index (χ0n) is 13.4. The highest BCUT2D eigenvalue weighted by Crippen LogP contribution is 2.22. The van der Waals surface area contributed by atoms with Gasteiger partial charge in [0.25, 0.3) is 0 Å². The van der Waals surface area contributed by atoms with Crippen LogP contribution in [0.5, 0.6) is 0 Å². The molecule has 1 fully saturated rings. The molecule has 0 N–H and O–H groups in total. The molecule has 0 bridgehead atoms. The van der Waals surface area contributed by atoms with Gasteiger partial charge in [-0.05, 0) is 13.8 Å². The molecule has 0 spiro atoms. The monoisotopic (exact) mass is 319 g/mol. The molecule has 0 amide bonds. The number of aromatic nitrogens is 4. The summed E-state index contributed by atoms with van der Waals surface area (Å²) in [7, 11) is 3.93. The Morgan fingerprint density at radius 1 is 1.00 bits per heavy atom. The summed E-state index contributed by atoms with van der Waals surface area (Å²) in [6.07, 6.45) is 0. The van der Waals surface area contributed by atoms with Crippen LogP contribution in [0.15, 0.2) is 6.07 Å². The second-order valence-electron chi connectivity index (χ2n) is 5.66. The highest BCUT2D eigenvalue weighted by atomic mass is 32.1. The third-order valence-electron chi connectivity index (χ3n) is 3.62. The lowest BCUT2D eigenvalue weighted by Crippen LogP contribution is -2.47. The van der Waals surface area contributed by atoms with Crippen molar-refractivity contribution >= 4 is 28.4 Å². The zero-order chi connectivity index (χ0) is 15.7.